The van der Waals surface area contributed by atoms with Crippen molar-refractivity contribution in [3.63, 3.8) is 0 Å². The van der Waals surface area contributed by atoms with Gasteiger partial charge in [0.2, 0.25) is 0 Å². The van der Waals surface area contributed by atoms with Crippen LogP contribution in [0.1, 0.15) is 44.4 Å². The molecule has 0 N–H and O–H groups in total. The SMILES string of the molecule is C=CCOC(=O)C1=C(C)N=c2s/c(=C\c3ccc(OCCC(C)C)c(OC)c3)c(=O)n2C1c1ccc(OC)cc1. The van der Waals surface area contributed by atoms with E-state index in [1.165, 1.54) is 17.4 Å². The molecule has 0 saturated carbocycles. The minimum atomic E-state index is -0.715. The minimum Gasteiger partial charge on any atom is -0.497 e. The lowest BCUT2D eigenvalue weighted by Crippen LogP contribution is -2.39. The number of rotatable bonds is 11. The number of esters is 1. The Hall–Kier alpha value is -4.11. The number of nitrogens with zero attached hydrogens (tertiary/aromatic N) is 2. The molecule has 210 valence electrons. The Kier molecular flexibility index (Phi) is 9.26. The Morgan fingerprint density at radius 1 is 1.12 bits per heavy atom. The summed E-state index contributed by atoms with van der Waals surface area (Å²) in [6, 6.07) is 12.1. The van der Waals surface area contributed by atoms with Crippen LogP contribution in [-0.4, -0.2) is 38.0 Å². The molecule has 0 aliphatic carbocycles. The second-order valence-corrected chi connectivity index (χ2v) is 10.7. The molecule has 0 spiro atoms. The fourth-order valence-corrected chi connectivity index (χ4v) is 5.39. The molecular weight excluding hydrogens is 528 g/mol. The molecule has 1 aromatic heterocycles. The van der Waals surface area contributed by atoms with Gasteiger partial charge in [-0.3, -0.25) is 9.36 Å². The fourth-order valence-electron chi connectivity index (χ4n) is 4.35. The van der Waals surface area contributed by atoms with Gasteiger partial charge < -0.3 is 18.9 Å². The number of hydrogen-bond donors (Lipinski definition) is 0. The van der Waals surface area contributed by atoms with Crippen LogP contribution in [-0.2, 0) is 9.53 Å². The summed E-state index contributed by atoms with van der Waals surface area (Å²) in [7, 11) is 3.17. The lowest BCUT2D eigenvalue weighted by molar-refractivity contribution is -0.138. The number of hydrogen-bond acceptors (Lipinski definition) is 8. The first-order valence-electron chi connectivity index (χ1n) is 13.0. The molecule has 1 atom stereocenters. The normalized spacial score (nSPS) is 14.9. The summed E-state index contributed by atoms with van der Waals surface area (Å²) >= 11 is 1.26. The minimum absolute atomic E-state index is 0.0500. The third-order valence-electron chi connectivity index (χ3n) is 6.44. The molecule has 2 aromatic carbocycles. The Morgan fingerprint density at radius 3 is 2.52 bits per heavy atom. The molecule has 0 bridgehead atoms. The lowest BCUT2D eigenvalue weighted by Gasteiger charge is -2.24. The zero-order valence-electron chi connectivity index (χ0n) is 23.4. The van der Waals surface area contributed by atoms with Crippen molar-refractivity contribution in [1.29, 1.82) is 0 Å². The summed E-state index contributed by atoms with van der Waals surface area (Å²) in [5.74, 6) is 1.89. The van der Waals surface area contributed by atoms with Crippen LogP contribution in [0.25, 0.3) is 6.08 Å². The van der Waals surface area contributed by atoms with E-state index in [0.29, 0.717) is 50.4 Å². The van der Waals surface area contributed by atoms with E-state index < -0.39 is 12.0 Å². The molecule has 0 radical (unpaired) electrons. The summed E-state index contributed by atoms with van der Waals surface area (Å²) in [6.07, 6.45) is 4.23. The van der Waals surface area contributed by atoms with Gasteiger partial charge >= 0.3 is 5.97 Å². The standard InChI is InChI=1S/C31H34N2O6S/c1-7-15-39-30(35)27-20(4)32-31-33(28(27)22-9-11-23(36-5)12-10-22)29(34)26(40-31)18-21-8-13-24(25(17-21)37-6)38-16-14-19(2)3/h7-13,17-19,28H,1,14-16H2,2-6H3/b26-18-. The molecule has 4 rings (SSSR count). The second kappa shape index (κ2) is 12.8. The number of fused-ring (bicyclic) bond motifs is 1. The van der Waals surface area contributed by atoms with Gasteiger partial charge in [0.25, 0.3) is 5.56 Å². The Bertz CT molecular complexity index is 1600. The molecule has 0 saturated heterocycles. The summed E-state index contributed by atoms with van der Waals surface area (Å²) in [4.78, 5) is 32.1. The molecule has 1 unspecified atom stereocenters. The highest BCUT2D eigenvalue weighted by molar-refractivity contribution is 7.07. The smallest absolute Gasteiger partial charge is 0.338 e. The quantitative estimate of drug-likeness (QED) is 0.254. The van der Waals surface area contributed by atoms with Gasteiger partial charge in [-0.15, -0.1) is 0 Å². The van der Waals surface area contributed by atoms with E-state index in [1.807, 2.05) is 30.3 Å². The molecule has 0 fully saturated rings. The van der Waals surface area contributed by atoms with E-state index >= 15 is 0 Å². The van der Waals surface area contributed by atoms with Crippen molar-refractivity contribution in [1.82, 2.24) is 4.57 Å². The van der Waals surface area contributed by atoms with E-state index in [4.69, 9.17) is 18.9 Å². The Morgan fingerprint density at radius 2 is 1.88 bits per heavy atom. The maximum absolute atomic E-state index is 13.9. The van der Waals surface area contributed by atoms with E-state index in [9.17, 15) is 9.59 Å². The predicted octanol–water partition coefficient (Wildman–Crippen LogP) is 4.41. The van der Waals surface area contributed by atoms with Gasteiger partial charge in [0.15, 0.2) is 16.3 Å². The topological polar surface area (TPSA) is 88.4 Å². The molecule has 0 amide bonds. The molecule has 8 nitrogen and oxygen atoms in total. The average molecular weight is 563 g/mol. The summed E-state index contributed by atoms with van der Waals surface area (Å²) in [5, 5.41) is 0. The van der Waals surface area contributed by atoms with Crippen molar-refractivity contribution in [2.24, 2.45) is 10.9 Å². The zero-order chi connectivity index (χ0) is 28.8. The molecule has 9 heteroatoms. The third-order valence-corrected chi connectivity index (χ3v) is 7.43. The first-order valence-corrected chi connectivity index (χ1v) is 13.8. The van der Waals surface area contributed by atoms with Gasteiger partial charge in [-0.1, -0.05) is 56.0 Å². The number of thiazole rings is 1. The monoisotopic (exact) mass is 562 g/mol. The van der Waals surface area contributed by atoms with Crippen molar-refractivity contribution in [2.45, 2.75) is 33.2 Å². The van der Waals surface area contributed by atoms with E-state index in [1.54, 1.807) is 43.9 Å². The van der Waals surface area contributed by atoms with Crippen molar-refractivity contribution < 1.29 is 23.7 Å². The van der Waals surface area contributed by atoms with Crippen LogP contribution >= 0.6 is 11.3 Å². The van der Waals surface area contributed by atoms with Crippen LogP contribution < -0.4 is 29.1 Å². The molecule has 40 heavy (non-hydrogen) atoms. The van der Waals surface area contributed by atoms with Gasteiger partial charge in [0.05, 0.1) is 42.7 Å². The second-order valence-electron chi connectivity index (χ2n) is 9.68. The van der Waals surface area contributed by atoms with E-state index in [2.05, 4.69) is 25.4 Å². The summed E-state index contributed by atoms with van der Waals surface area (Å²) in [6.45, 7) is 10.3. The van der Waals surface area contributed by atoms with Crippen LogP contribution in [0.3, 0.4) is 0 Å². The number of carbonyl (C=O) groups is 1. The lowest BCUT2D eigenvalue weighted by atomic mass is 9.96. The first-order chi connectivity index (χ1) is 19.3. The number of ether oxygens (including phenoxy) is 4. The zero-order valence-corrected chi connectivity index (χ0v) is 24.2. The highest BCUT2D eigenvalue weighted by Gasteiger charge is 2.33. The Balaban J connectivity index is 1.80. The fraction of sp³-hybridized carbons (Fsp3) is 0.323. The van der Waals surface area contributed by atoms with Crippen molar-refractivity contribution in [3.05, 3.63) is 97.2 Å². The van der Waals surface area contributed by atoms with Gasteiger partial charge in [-0.2, -0.15) is 0 Å². The predicted molar refractivity (Wildman–Crippen MR) is 156 cm³/mol. The molecule has 1 aliphatic rings. The highest BCUT2D eigenvalue weighted by Crippen LogP contribution is 2.32. The Labute approximate surface area is 237 Å². The molecule has 2 heterocycles. The highest BCUT2D eigenvalue weighted by atomic mass is 32.1. The maximum Gasteiger partial charge on any atom is 0.338 e. The van der Waals surface area contributed by atoms with E-state index in [0.717, 1.165) is 17.5 Å². The molecule has 1 aliphatic heterocycles. The van der Waals surface area contributed by atoms with Crippen LogP contribution in [0.5, 0.6) is 17.2 Å². The third kappa shape index (κ3) is 6.20. The number of aromatic nitrogens is 1. The number of benzene rings is 2. The van der Waals surface area contributed by atoms with Crippen LogP contribution in [0.15, 0.2) is 76.2 Å². The van der Waals surface area contributed by atoms with Crippen molar-refractivity contribution in [3.8, 4) is 17.2 Å². The average Bonchev–Trinajstić information content (AvgIpc) is 3.25. The van der Waals surface area contributed by atoms with Gasteiger partial charge in [-0.25, -0.2) is 9.79 Å². The maximum atomic E-state index is 13.9. The molecule has 3 aromatic rings. The van der Waals surface area contributed by atoms with Crippen LogP contribution in [0.4, 0.5) is 0 Å². The largest absolute Gasteiger partial charge is 0.497 e. The van der Waals surface area contributed by atoms with Crippen LogP contribution in [0.2, 0.25) is 0 Å². The van der Waals surface area contributed by atoms with E-state index in [-0.39, 0.29) is 12.2 Å². The van der Waals surface area contributed by atoms with Gasteiger partial charge in [0.1, 0.15) is 12.4 Å². The molecular formula is C31H34N2O6S. The summed E-state index contributed by atoms with van der Waals surface area (Å²) < 4.78 is 24.2. The van der Waals surface area contributed by atoms with Crippen LogP contribution in [0, 0.1) is 5.92 Å². The van der Waals surface area contributed by atoms with Gasteiger partial charge in [0, 0.05) is 0 Å². The number of carbonyl (C=O) groups excluding carboxylic acids is 1. The van der Waals surface area contributed by atoms with Crippen molar-refractivity contribution in [2.75, 3.05) is 27.4 Å². The summed E-state index contributed by atoms with van der Waals surface area (Å²) in [5.41, 5.74) is 2.05. The first kappa shape index (κ1) is 28.9. The van der Waals surface area contributed by atoms with Gasteiger partial charge in [-0.05, 0) is 60.7 Å². The number of methoxy groups -OCH3 is 2. The number of allylic oxidation sites excluding steroid dienone is 1. The van der Waals surface area contributed by atoms with Crippen molar-refractivity contribution >= 4 is 23.4 Å².